The summed E-state index contributed by atoms with van der Waals surface area (Å²) in [6.45, 7) is 3.48. The fourth-order valence-corrected chi connectivity index (χ4v) is 2.71. The summed E-state index contributed by atoms with van der Waals surface area (Å²) in [5.74, 6) is -0.810. The number of aryl methyl sites for hydroxylation is 1. The highest BCUT2D eigenvalue weighted by molar-refractivity contribution is 7.17. The molecule has 0 radical (unpaired) electrons. The molecular formula is C15H16N2O3S. The van der Waals surface area contributed by atoms with Crippen LogP contribution in [0, 0.1) is 0 Å². The van der Waals surface area contributed by atoms with Gasteiger partial charge in [-0.3, -0.25) is 4.79 Å². The van der Waals surface area contributed by atoms with Gasteiger partial charge in [0.2, 0.25) is 0 Å². The third-order valence-corrected chi connectivity index (χ3v) is 3.98. The molecule has 0 fully saturated rings. The van der Waals surface area contributed by atoms with Crippen LogP contribution in [0.3, 0.4) is 0 Å². The van der Waals surface area contributed by atoms with E-state index in [2.05, 4.69) is 22.0 Å². The van der Waals surface area contributed by atoms with E-state index >= 15 is 0 Å². The van der Waals surface area contributed by atoms with E-state index in [1.54, 1.807) is 0 Å². The van der Waals surface area contributed by atoms with Crippen LogP contribution in [0.1, 0.15) is 39.6 Å². The average molecular weight is 304 g/mol. The first-order chi connectivity index (χ1) is 10.0. The minimum absolute atomic E-state index is 0.0594. The molecule has 0 aliphatic rings. The summed E-state index contributed by atoms with van der Waals surface area (Å²) in [6, 6.07) is 7.90. The smallest absolute Gasteiger partial charge is 0.358 e. The van der Waals surface area contributed by atoms with Crippen LogP contribution in [0.2, 0.25) is 0 Å². The van der Waals surface area contributed by atoms with Crippen molar-refractivity contribution in [3.8, 4) is 0 Å². The first-order valence-corrected chi connectivity index (χ1v) is 7.32. The zero-order chi connectivity index (χ0) is 15.4. The molecule has 0 aliphatic carbocycles. The maximum Gasteiger partial charge on any atom is 0.358 e. The van der Waals surface area contributed by atoms with Gasteiger partial charge in [0, 0.05) is 12.6 Å². The second-order valence-corrected chi connectivity index (χ2v) is 5.42. The molecule has 6 heteroatoms. The molecule has 0 aliphatic heterocycles. The standard InChI is InChI=1S/C15H16N2O3S/c1-4-10-6-5-7-11(8-10)16-15-17-12(14(19)20-3)13(21-15)9(2)18/h5-8H,4H2,1-3H3,(H,16,17). The van der Waals surface area contributed by atoms with E-state index in [1.165, 1.54) is 19.6 Å². The Morgan fingerprint density at radius 1 is 1.38 bits per heavy atom. The third kappa shape index (κ3) is 3.46. The first-order valence-electron chi connectivity index (χ1n) is 6.51. The Balaban J connectivity index is 2.32. The molecule has 0 saturated heterocycles. The number of anilines is 2. The van der Waals surface area contributed by atoms with Gasteiger partial charge in [-0.05, 0) is 24.1 Å². The normalized spacial score (nSPS) is 10.2. The lowest BCUT2D eigenvalue weighted by atomic mass is 10.1. The molecule has 1 N–H and O–H groups in total. The molecule has 2 aromatic rings. The maximum absolute atomic E-state index is 11.6. The predicted octanol–water partition coefficient (Wildman–Crippen LogP) is 3.44. The number of nitrogens with one attached hydrogen (secondary N) is 1. The van der Waals surface area contributed by atoms with Gasteiger partial charge in [-0.2, -0.15) is 0 Å². The van der Waals surface area contributed by atoms with Crippen molar-refractivity contribution in [2.24, 2.45) is 0 Å². The van der Waals surface area contributed by atoms with Crippen LogP contribution in [0.5, 0.6) is 0 Å². The summed E-state index contributed by atoms with van der Waals surface area (Å²) in [5.41, 5.74) is 2.12. The van der Waals surface area contributed by atoms with E-state index in [4.69, 9.17) is 0 Å². The Hall–Kier alpha value is -2.21. The van der Waals surface area contributed by atoms with Gasteiger partial charge in [-0.1, -0.05) is 30.4 Å². The maximum atomic E-state index is 11.6. The molecule has 0 spiro atoms. The summed E-state index contributed by atoms with van der Waals surface area (Å²) < 4.78 is 4.65. The molecule has 0 saturated carbocycles. The zero-order valence-electron chi connectivity index (χ0n) is 12.1. The Labute approximate surface area is 127 Å². The summed E-state index contributed by atoms with van der Waals surface area (Å²) >= 11 is 1.15. The Kier molecular flexibility index (Phi) is 4.70. The quantitative estimate of drug-likeness (QED) is 0.677. The summed E-state index contributed by atoms with van der Waals surface area (Å²) in [5, 5.41) is 3.61. The molecule has 1 heterocycles. The lowest BCUT2D eigenvalue weighted by Gasteiger charge is -2.04. The number of carbonyl (C=O) groups is 2. The van der Waals surface area contributed by atoms with Crippen LogP contribution in [0.25, 0.3) is 0 Å². The summed E-state index contributed by atoms with van der Waals surface area (Å²) in [4.78, 5) is 27.7. The van der Waals surface area contributed by atoms with Crippen LogP contribution in [0.15, 0.2) is 24.3 Å². The Morgan fingerprint density at radius 3 is 2.76 bits per heavy atom. The van der Waals surface area contributed by atoms with Gasteiger partial charge in [0.15, 0.2) is 16.6 Å². The molecule has 0 amide bonds. The van der Waals surface area contributed by atoms with Crippen molar-refractivity contribution in [3.05, 3.63) is 40.4 Å². The number of thiazole rings is 1. The van der Waals surface area contributed by atoms with Crippen molar-refractivity contribution >= 4 is 33.9 Å². The minimum atomic E-state index is -0.605. The van der Waals surface area contributed by atoms with E-state index in [1.807, 2.05) is 24.3 Å². The molecule has 0 atom stereocenters. The minimum Gasteiger partial charge on any atom is -0.464 e. The van der Waals surface area contributed by atoms with E-state index in [0.717, 1.165) is 23.4 Å². The van der Waals surface area contributed by atoms with E-state index in [9.17, 15) is 9.59 Å². The van der Waals surface area contributed by atoms with Crippen LogP contribution in [-0.4, -0.2) is 23.8 Å². The molecule has 21 heavy (non-hydrogen) atoms. The highest BCUT2D eigenvalue weighted by atomic mass is 32.1. The number of Topliss-reactive ketones (excluding diaryl/α,β-unsaturated/α-hetero) is 1. The molecule has 2 rings (SSSR count). The van der Waals surface area contributed by atoms with Gasteiger partial charge in [0.1, 0.15) is 4.88 Å². The fraction of sp³-hybridized carbons (Fsp3) is 0.267. The first kappa shape index (κ1) is 15.2. The fourth-order valence-electron chi connectivity index (χ4n) is 1.84. The number of rotatable bonds is 5. The average Bonchev–Trinajstić information content (AvgIpc) is 2.90. The molecule has 1 aromatic carbocycles. The van der Waals surface area contributed by atoms with Gasteiger partial charge in [-0.25, -0.2) is 9.78 Å². The molecule has 1 aromatic heterocycles. The number of benzene rings is 1. The van der Waals surface area contributed by atoms with E-state index in [-0.39, 0.29) is 11.5 Å². The Morgan fingerprint density at radius 2 is 2.14 bits per heavy atom. The molecule has 110 valence electrons. The highest BCUT2D eigenvalue weighted by Gasteiger charge is 2.21. The van der Waals surface area contributed by atoms with E-state index in [0.29, 0.717) is 10.0 Å². The lowest BCUT2D eigenvalue weighted by molar-refractivity contribution is 0.0591. The van der Waals surface area contributed by atoms with Crippen molar-refractivity contribution < 1.29 is 14.3 Å². The van der Waals surface area contributed by atoms with Gasteiger partial charge < -0.3 is 10.1 Å². The number of aromatic nitrogens is 1. The largest absolute Gasteiger partial charge is 0.464 e. The van der Waals surface area contributed by atoms with Crippen LogP contribution >= 0.6 is 11.3 Å². The number of ether oxygens (including phenoxy) is 1. The zero-order valence-corrected chi connectivity index (χ0v) is 12.9. The number of hydrogen-bond donors (Lipinski definition) is 1. The topological polar surface area (TPSA) is 68.3 Å². The SMILES string of the molecule is CCc1cccc(Nc2nc(C(=O)OC)c(C(C)=O)s2)c1. The van der Waals surface area contributed by atoms with Crippen molar-refractivity contribution in [1.82, 2.24) is 4.98 Å². The summed E-state index contributed by atoms with van der Waals surface area (Å²) in [6.07, 6.45) is 0.930. The number of esters is 1. The monoisotopic (exact) mass is 304 g/mol. The highest BCUT2D eigenvalue weighted by Crippen LogP contribution is 2.27. The summed E-state index contributed by atoms with van der Waals surface area (Å²) in [7, 11) is 1.27. The predicted molar refractivity (Wildman–Crippen MR) is 82.6 cm³/mol. The Bertz CT molecular complexity index is 679. The van der Waals surface area contributed by atoms with Crippen LogP contribution in [0.4, 0.5) is 10.8 Å². The number of hydrogen-bond acceptors (Lipinski definition) is 6. The third-order valence-electron chi connectivity index (χ3n) is 2.91. The number of carbonyl (C=O) groups excluding carboxylic acids is 2. The van der Waals surface area contributed by atoms with Crippen molar-refractivity contribution in [3.63, 3.8) is 0 Å². The van der Waals surface area contributed by atoms with Crippen LogP contribution in [-0.2, 0) is 11.2 Å². The van der Waals surface area contributed by atoms with E-state index < -0.39 is 5.97 Å². The van der Waals surface area contributed by atoms with Gasteiger partial charge in [-0.15, -0.1) is 0 Å². The number of ketones is 1. The van der Waals surface area contributed by atoms with Crippen LogP contribution < -0.4 is 5.32 Å². The number of methoxy groups -OCH3 is 1. The van der Waals surface area contributed by atoms with Gasteiger partial charge in [0.25, 0.3) is 0 Å². The van der Waals surface area contributed by atoms with Crippen molar-refractivity contribution in [2.75, 3.05) is 12.4 Å². The van der Waals surface area contributed by atoms with Crippen molar-refractivity contribution in [1.29, 1.82) is 0 Å². The van der Waals surface area contributed by atoms with Gasteiger partial charge >= 0.3 is 5.97 Å². The lowest BCUT2D eigenvalue weighted by Crippen LogP contribution is -2.07. The number of nitrogens with zero attached hydrogens (tertiary/aromatic N) is 1. The van der Waals surface area contributed by atoms with Gasteiger partial charge in [0.05, 0.1) is 7.11 Å². The van der Waals surface area contributed by atoms with Crippen molar-refractivity contribution in [2.45, 2.75) is 20.3 Å². The molecule has 5 nitrogen and oxygen atoms in total. The molecule has 0 unspecified atom stereocenters. The second-order valence-electron chi connectivity index (χ2n) is 4.42. The second kappa shape index (κ2) is 6.49. The molecule has 0 bridgehead atoms. The molecular weight excluding hydrogens is 288 g/mol.